The van der Waals surface area contributed by atoms with Crippen molar-refractivity contribution >= 4 is 29.3 Å². The van der Waals surface area contributed by atoms with E-state index in [9.17, 15) is 9.90 Å². The Kier molecular flexibility index (Phi) is 6.23. The largest absolute Gasteiger partial charge is 0.484 e. The third-order valence-electron chi connectivity index (χ3n) is 4.67. The van der Waals surface area contributed by atoms with E-state index in [2.05, 4.69) is 9.98 Å². The van der Waals surface area contributed by atoms with Gasteiger partial charge < -0.3 is 19.5 Å². The summed E-state index contributed by atoms with van der Waals surface area (Å²) in [5.74, 6) is -0.379. The summed E-state index contributed by atoms with van der Waals surface area (Å²) >= 11 is 0. The van der Waals surface area contributed by atoms with Crippen molar-refractivity contribution in [3.63, 3.8) is 0 Å². The molecule has 0 saturated heterocycles. The number of carbonyl (C=O) groups is 1. The Balaban J connectivity index is 1.69. The molecule has 0 saturated carbocycles. The van der Waals surface area contributed by atoms with Crippen LogP contribution in [0, 0.1) is 0 Å². The lowest BCUT2D eigenvalue weighted by Gasteiger charge is -2.17. The topological polar surface area (TPSA) is 84.2 Å². The number of nitrogens with zero attached hydrogens (tertiary/aromatic N) is 3. The molecule has 1 aromatic carbocycles. The van der Waals surface area contributed by atoms with Crippen molar-refractivity contribution in [2.75, 3.05) is 13.2 Å². The zero-order valence-corrected chi connectivity index (χ0v) is 16.7. The zero-order valence-electron chi connectivity index (χ0n) is 16.7. The van der Waals surface area contributed by atoms with Crippen molar-refractivity contribution in [2.24, 2.45) is 4.99 Å². The van der Waals surface area contributed by atoms with Crippen LogP contribution in [0.1, 0.15) is 5.56 Å². The second-order valence-corrected chi connectivity index (χ2v) is 6.81. The van der Waals surface area contributed by atoms with E-state index in [0.29, 0.717) is 18.9 Å². The second kappa shape index (κ2) is 9.58. The van der Waals surface area contributed by atoms with Crippen LogP contribution in [-0.4, -0.2) is 46.6 Å². The normalized spacial score (nSPS) is 22.8. The maximum Gasteiger partial charge on any atom is 0.352 e. The summed E-state index contributed by atoms with van der Waals surface area (Å²) in [6.07, 6.45) is 18.8. The molecule has 2 aromatic rings. The van der Waals surface area contributed by atoms with Gasteiger partial charge in [0.2, 0.25) is 0 Å². The van der Waals surface area contributed by atoms with Gasteiger partial charge >= 0.3 is 5.97 Å². The van der Waals surface area contributed by atoms with Crippen LogP contribution in [0.15, 0.2) is 90.0 Å². The van der Waals surface area contributed by atoms with E-state index in [1.807, 2.05) is 54.7 Å². The highest BCUT2D eigenvalue weighted by Crippen LogP contribution is 2.28. The highest BCUT2D eigenvalue weighted by Gasteiger charge is 2.28. The smallest absolute Gasteiger partial charge is 0.352 e. The van der Waals surface area contributed by atoms with E-state index in [1.54, 1.807) is 29.4 Å². The van der Waals surface area contributed by atoms with E-state index < -0.39 is 12.1 Å². The Morgan fingerprint density at radius 3 is 2.97 bits per heavy atom. The molecule has 1 atom stereocenters. The van der Waals surface area contributed by atoms with Gasteiger partial charge in [-0.05, 0) is 35.9 Å². The number of ether oxygens (including phenoxy) is 2. The molecule has 2 aliphatic rings. The number of hydrogen-bond donors (Lipinski definition) is 1. The molecular formula is C24H21N3O4. The number of carboxylic acids is 1. The molecule has 1 N–H and O–H groups in total. The van der Waals surface area contributed by atoms with E-state index in [0.717, 1.165) is 16.5 Å². The van der Waals surface area contributed by atoms with Crippen LogP contribution in [0.25, 0.3) is 17.0 Å². The van der Waals surface area contributed by atoms with Crippen LogP contribution in [0.3, 0.4) is 0 Å². The lowest BCUT2D eigenvalue weighted by molar-refractivity contribution is -0.133. The molecule has 0 radical (unpaired) electrons. The molecule has 7 nitrogen and oxygen atoms in total. The van der Waals surface area contributed by atoms with E-state index in [4.69, 9.17) is 9.47 Å². The number of carboxylic acid groups (broad SMARTS) is 1. The molecule has 4 rings (SSSR count). The predicted octanol–water partition coefficient (Wildman–Crippen LogP) is 3.92. The Morgan fingerprint density at radius 1 is 1.16 bits per heavy atom. The van der Waals surface area contributed by atoms with Crippen LogP contribution in [0.5, 0.6) is 5.75 Å². The van der Waals surface area contributed by atoms with Gasteiger partial charge in [-0.15, -0.1) is 0 Å². The SMILES string of the molecule is O=C(O)C1=CC2CN1/C=C\N=COC\C=C/C=C\C=C/c1ccc3nccc(c3c1)O2. The fourth-order valence-electron chi connectivity index (χ4n) is 3.26. The van der Waals surface area contributed by atoms with Crippen molar-refractivity contribution in [1.29, 1.82) is 0 Å². The molecular weight excluding hydrogens is 394 g/mol. The number of hydrogen-bond acceptors (Lipinski definition) is 6. The maximum atomic E-state index is 11.7. The number of pyridine rings is 1. The number of allylic oxidation sites excluding steroid dienone is 4. The second-order valence-electron chi connectivity index (χ2n) is 6.81. The first-order valence-corrected chi connectivity index (χ1v) is 9.78. The Hall–Kier alpha value is -4.13. The Bertz CT molecular complexity index is 1140. The van der Waals surface area contributed by atoms with E-state index in [1.165, 1.54) is 12.6 Å². The molecule has 31 heavy (non-hydrogen) atoms. The Morgan fingerprint density at radius 2 is 2.06 bits per heavy atom. The molecule has 0 aliphatic carbocycles. The fraction of sp³-hybridized carbons (Fsp3) is 0.125. The van der Waals surface area contributed by atoms with Crippen molar-refractivity contribution in [2.45, 2.75) is 6.10 Å². The monoisotopic (exact) mass is 415 g/mol. The zero-order chi connectivity index (χ0) is 21.5. The van der Waals surface area contributed by atoms with Gasteiger partial charge in [0, 0.05) is 24.0 Å². The summed E-state index contributed by atoms with van der Waals surface area (Å²) in [7, 11) is 0. The minimum Gasteiger partial charge on any atom is -0.484 e. The highest BCUT2D eigenvalue weighted by atomic mass is 16.5. The van der Waals surface area contributed by atoms with Crippen LogP contribution in [-0.2, 0) is 9.53 Å². The quantitative estimate of drug-likeness (QED) is 0.760. The molecule has 3 heterocycles. The van der Waals surface area contributed by atoms with Gasteiger partial charge in [-0.3, -0.25) is 4.98 Å². The average molecular weight is 415 g/mol. The summed E-state index contributed by atoms with van der Waals surface area (Å²) in [6, 6.07) is 7.73. The number of benzene rings is 1. The van der Waals surface area contributed by atoms with E-state index >= 15 is 0 Å². The third kappa shape index (κ3) is 5.08. The molecule has 156 valence electrons. The average Bonchev–Trinajstić information content (AvgIpc) is 3.17. The lowest BCUT2D eigenvalue weighted by atomic mass is 10.1. The molecule has 2 aliphatic heterocycles. The molecule has 0 fully saturated rings. The number of fused-ring (bicyclic) bond motifs is 3. The summed E-state index contributed by atoms with van der Waals surface area (Å²) in [5.41, 5.74) is 1.95. The molecule has 7 heteroatoms. The maximum absolute atomic E-state index is 11.7. The van der Waals surface area contributed by atoms with Crippen LogP contribution >= 0.6 is 0 Å². The van der Waals surface area contributed by atoms with E-state index in [-0.39, 0.29) is 5.70 Å². The molecule has 4 bridgehead atoms. The van der Waals surface area contributed by atoms with Gasteiger partial charge in [0.15, 0.2) is 6.40 Å². The van der Waals surface area contributed by atoms with Crippen LogP contribution in [0.4, 0.5) is 0 Å². The summed E-state index contributed by atoms with van der Waals surface area (Å²) < 4.78 is 11.4. The number of aliphatic carboxylic acids is 1. The summed E-state index contributed by atoms with van der Waals surface area (Å²) in [4.78, 5) is 21.7. The van der Waals surface area contributed by atoms with Crippen molar-refractivity contribution in [3.05, 3.63) is 90.6 Å². The van der Waals surface area contributed by atoms with Gasteiger partial charge in [0.25, 0.3) is 0 Å². The number of aliphatic imine (C=N–C) groups is 1. The third-order valence-corrected chi connectivity index (χ3v) is 4.67. The predicted molar refractivity (Wildman–Crippen MR) is 119 cm³/mol. The van der Waals surface area contributed by atoms with Gasteiger partial charge in [0.05, 0.1) is 12.1 Å². The first-order chi connectivity index (χ1) is 15.2. The van der Waals surface area contributed by atoms with Crippen molar-refractivity contribution < 1.29 is 19.4 Å². The standard InChI is InChI=1S/C24H21N3O4/c28-24(29)22-15-19-16-27(22)12-11-25-17-30-13-5-3-1-2-4-6-18-7-8-21-20(14-18)23(31-19)9-10-26-21/h1-12,14-15,17,19H,13,16H2,(H,28,29)/b2-1-,5-3-,6-4-,12-11-,25-17?. The summed E-state index contributed by atoms with van der Waals surface area (Å²) in [5, 5.41) is 10.4. The molecule has 1 unspecified atom stereocenters. The van der Waals surface area contributed by atoms with Crippen LogP contribution < -0.4 is 4.74 Å². The molecule has 0 spiro atoms. The highest BCUT2D eigenvalue weighted by molar-refractivity contribution is 5.88. The van der Waals surface area contributed by atoms with Crippen LogP contribution in [0.2, 0.25) is 0 Å². The van der Waals surface area contributed by atoms with Gasteiger partial charge in [0.1, 0.15) is 24.2 Å². The van der Waals surface area contributed by atoms with Gasteiger partial charge in [-0.25, -0.2) is 9.79 Å². The number of rotatable bonds is 1. The van der Waals surface area contributed by atoms with Gasteiger partial charge in [-0.1, -0.05) is 36.4 Å². The summed E-state index contributed by atoms with van der Waals surface area (Å²) in [6.45, 7) is 0.733. The molecule has 0 amide bonds. The van der Waals surface area contributed by atoms with Crippen molar-refractivity contribution in [3.8, 4) is 5.75 Å². The Labute approximate surface area is 179 Å². The fourth-order valence-corrected chi connectivity index (χ4v) is 3.26. The van der Waals surface area contributed by atoms with Gasteiger partial charge in [-0.2, -0.15) is 0 Å². The molecule has 1 aromatic heterocycles. The minimum absolute atomic E-state index is 0.138. The first kappa shape index (κ1) is 20.2. The minimum atomic E-state index is -1.03. The number of aromatic nitrogens is 1. The van der Waals surface area contributed by atoms with Crippen molar-refractivity contribution in [1.82, 2.24) is 9.88 Å². The first-order valence-electron chi connectivity index (χ1n) is 9.78. The lowest BCUT2D eigenvalue weighted by Crippen LogP contribution is -2.24.